The van der Waals surface area contributed by atoms with Gasteiger partial charge in [0.05, 0.1) is 0 Å². The minimum absolute atomic E-state index is 0.672. The molecule has 76 valence electrons. The molecule has 1 aromatic rings. The van der Waals surface area contributed by atoms with Crippen LogP contribution in [0.1, 0.15) is 24.3 Å². The van der Waals surface area contributed by atoms with Crippen molar-refractivity contribution in [1.82, 2.24) is 5.32 Å². The topological polar surface area (TPSA) is 24.1 Å². The first-order valence-electron chi connectivity index (χ1n) is 5.39. The average Bonchev–Trinajstić information content (AvgIpc) is 2.42. The van der Waals surface area contributed by atoms with Gasteiger partial charge < -0.3 is 10.6 Å². The lowest BCUT2D eigenvalue weighted by atomic mass is 9.94. The highest BCUT2D eigenvalue weighted by atomic mass is 14.9. The third kappa shape index (κ3) is 1.90. The van der Waals surface area contributed by atoms with Gasteiger partial charge in [-0.05, 0) is 37.4 Å². The molecule has 14 heavy (non-hydrogen) atoms. The molecule has 0 saturated heterocycles. The van der Waals surface area contributed by atoms with E-state index < -0.39 is 0 Å². The number of hydrogen-bond acceptors (Lipinski definition) is 2. The third-order valence-electron chi connectivity index (χ3n) is 2.90. The molecule has 1 aliphatic heterocycles. The zero-order chi connectivity index (χ0) is 9.80. The highest BCUT2D eigenvalue weighted by Gasteiger charge is 2.16. The van der Waals surface area contributed by atoms with Crippen LogP contribution in [-0.2, 0) is 0 Å². The Morgan fingerprint density at radius 1 is 1.43 bits per heavy atom. The third-order valence-corrected chi connectivity index (χ3v) is 2.90. The van der Waals surface area contributed by atoms with Gasteiger partial charge in [-0.2, -0.15) is 0 Å². The molecule has 1 aliphatic rings. The highest BCUT2D eigenvalue weighted by Crippen LogP contribution is 2.30. The van der Waals surface area contributed by atoms with Crippen LogP contribution >= 0.6 is 0 Å². The summed E-state index contributed by atoms with van der Waals surface area (Å²) in [6.45, 7) is 2.19. The minimum atomic E-state index is 0.672. The zero-order valence-electron chi connectivity index (χ0n) is 8.72. The molecule has 1 heterocycles. The molecular formula is C12H18N2. The SMILES string of the molecule is CNCC1CCCNc2ccccc21. The van der Waals surface area contributed by atoms with Gasteiger partial charge in [0.1, 0.15) is 0 Å². The molecule has 0 aromatic heterocycles. The van der Waals surface area contributed by atoms with Crippen LogP contribution in [-0.4, -0.2) is 20.1 Å². The van der Waals surface area contributed by atoms with E-state index in [0.717, 1.165) is 13.1 Å². The van der Waals surface area contributed by atoms with Gasteiger partial charge in [-0.15, -0.1) is 0 Å². The van der Waals surface area contributed by atoms with Crippen LogP contribution in [0.3, 0.4) is 0 Å². The van der Waals surface area contributed by atoms with E-state index in [2.05, 4.69) is 34.9 Å². The molecule has 1 aromatic carbocycles. The van der Waals surface area contributed by atoms with Crippen molar-refractivity contribution in [1.29, 1.82) is 0 Å². The molecule has 0 bridgehead atoms. The fourth-order valence-electron chi connectivity index (χ4n) is 2.20. The van der Waals surface area contributed by atoms with Crippen LogP contribution in [0, 0.1) is 0 Å². The maximum atomic E-state index is 3.49. The first kappa shape index (κ1) is 9.53. The fourth-order valence-corrected chi connectivity index (χ4v) is 2.20. The predicted molar refractivity (Wildman–Crippen MR) is 60.8 cm³/mol. The van der Waals surface area contributed by atoms with Crippen molar-refractivity contribution in [2.45, 2.75) is 18.8 Å². The van der Waals surface area contributed by atoms with Crippen LogP contribution in [0.2, 0.25) is 0 Å². The number of benzene rings is 1. The number of anilines is 1. The van der Waals surface area contributed by atoms with Crippen molar-refractivity contribution < 1.29 is 0 Å². The summed E-state index contributed by atoms with van der Waals surface area (Å²) in [5.74, 6) is 0.672. The van der Waals surface area contributed by atoms with Gasteiger partial charge in [0.2, 0.25) is 0 Å². The molecule has 0 saturated carbocycles. The second kappa shape index (κ2) is 4.47. The number of likely N-dealkylation sites (N-methyl/N-ethyl adjacent to an activating group) is 1. The largest absolute Gasteiger partial charge is 0.385 e. The fraction of sp³-hybridized carbons (Fsp3) is 0.500. The van der Waals surface area contributed by atoms with Gasteiger partial charge in [0.15, 0.2) is 0 Å². The second-order valence-corrected chi connectivity index (χ2v) is 3.91. The number of fused-ring (bicyclic) bond motifs is 1. The summed E-state index contributed by atoms with van der Waals surface area (Å²) < 4.78 is 0. The average molecular weight is 190 g/mol. The van der Waals surface area contributed by atoms with Gasteiger partial charge in [0, 0.05) is 18.8 Å². The van der Waals surface area contributed by atoms with E-state index in [0.29, 0.717) is 5.92 Å². The molecule has 1 atom stereocenters. The first-order valence-corrected chi connectivity index (χ1v) is 5.39. The number of para-hydroxylation sites is 1. The molecule has 2 nitrogen and oxygen atoms in total. The van der Waals surface area contributed by atoms with Gasteiger partial charge in [-0.3, -0.25) is 0 Å². The standard InChI is InChI=1S/C12H18N2/c1-13-9-10-5-4-8-14-12-7-3-2-6-11(10)12/h2-3,6-7,10,13-14H,4-5,8-9H2,1H3. The molecule has 2 heteroatoms. The normalized spacial score (nSPS) is 20.8. The van der Waals surface area contributed by atoms with Gasteiger partial charge in [0.25, 0.3) is 0 Å². The second-order valence-electron chi connectivity index (χ2n) is 3.91. The van der Waals surface area contributed by atoms with E-state index in [1.165, 1.54) is 24.1 Å². The van der Waals surface area contributed by atoms with Crippen molar-refractivity contribution in [3.8, 4) is 0 Å². The Bertz CT molecular complexity index is 296. The summed E-state index contributed by atoms with van der Waals surface area (Å²) >= 11 is 0. The molecular weight excluding hydrogens is 172 g/mol. The smallest absolute Gasteiger partial charge is 0.0376 e. The van der Waals surface area contributed by atoms with Crippen LogP contribution in [0.5, 0.6) is 0 Å². The lowest BCUT2D eigenvalue weighted by Gasteiger charge is -2.16. The Kier molecular flexibility index (Phi) is 3.04. The molecule has 0 fully saturated rings. The van der Waals surface area contributed by atoms with Gasteiger partial charge in [-0.1, -0.05) is 18.2 Å². The molecule has 1 unspecified atom stereocenters. The summed E-state index contributed by atoms with van der Waals surface area (Å²) in [5.41, 5.74) is 2.80. The minimum Gasteiger partial charge on any atom is -0.385 e. The van der Waals surface area contributed by atoms with E-state index in [1.807, 2.05) is 7.05 Å². The molecule has 0 amide bonds. The van der Waals surface area contributed by atoms with Crippen molar-refractivity contribution in [2.24, 2.45) is 0 Å². The highest BCUT2D eigenvalue weighted by molar-refractivity contribution is 5.53. The van der Waals surface area contributed by atoms with Crippen molar-refractivity contribution in [3.05, 3.63) is 29.8 Å². The van der Waals surface area contributed by atoms with Crippen molar-refractivity contribution in [3.63, 3.8) is 0 Å². The van der Waals surface area contributed by atoms with Crippen molar-refractivity contribution in [2.75, 3.05) is 25.5 Å². The van der Waals surface area contributed by atoms with E-state index in [-0.39, 0.29) is 0 Å². The summed E-state index contributed by atoms with van der Waals surface area (Å²) in [6, 6.07) is 8.67. The molecule has 0 radical (unpaired) electrons. The van der Waals surface area contributed by atoms with E-state index in [4.69, 9.17) is 0 Å². The number of rotatable bonds is 2. The molecule has 2 rings (SSSR count). The monoisotopic (exact) mass is 190 g/mol. The van der Waals surface area contributed by atoms with Gasteiger partial charge in [-0.25, -0.2) is 0 Å². The zero-order valence-corrected chi connectivity index (χ0v) is 8.72. The first-order chi connectivity index (χ1) is 6.92. The lowest BCUT2D eigenvalue weighted by Crippen LogP contribution is -2.16. The van der Waals surface area contributed by atoms with Crippen LogP contribution in [0.25, 0.3) is 0 Å². The van der Waals surface area contributed by atoms with Crippen LogP contribution in [0.4, 0.5) is 5.69 Å². The van der Waals surface area contributed by atoms with Crippen LogP contribution in [0.15, 0.2) is 24.3 Å². The summed E-state index contributed by atoms with van der Waals surface area (Å²) in [4.78, 5) is 0. The Labute approximate surface area is 85.7 Å². The molecule has 0 aliphatic carbocycles. The number of nitrogens with one attached hydrogen (secondary N) is 2. The Morgan fingerprint density at radius 3 is 3.14 bits per heavy atom. The van der Waals surface area contributed by atoms with E-state index in [9.17, 15) is 0 Å². The van der Waals surface area contributed by atoms with E-state index >= 15 is 0 Å². The summed E-state index contributed by atoms with van der Waals surface area (Å²) in [5, 5.41) is 6.76. The maximum absolute atomic E-state index is 3.49. The predicted octanol–water partition coefficient (Wildman–Crippen LogP) is 2.20. The summed E-state index contributed by atoms with van der Waals surface area (Å²) in [6.07, 6.45) is 2.55. The Morgan fingerprint density at radius 2 is 2.29 bits per heavy atom. The Hall–Kier alpha value is -1.02. The maximum Gasteiger partial charge on any atom is 0.0376 e. The lowest BCUT2D eigenvalue weighted by molar-refractivity contribution is 0.580. The molecule has 2 N–H and O–H groups in total. The number of hydrogen-bond donors (Lipinski definition) is 2. The summed E-state index contributed by atoms with van der Waals surface area (Å²) in [7, 11) is 2.03. The van der Waals surface area contributed by atoms with Gasteiger partial charge >= 0.3 is 0 Å². The van der Waals surface area contributed by atoms with Crippen molar-refractivity contribution >= 4 is 5.69 Å². The van der Waals surface area contributed by atoms with Crippen LogP contribution < -0.4 is 10.6 Å². The van der Waals surface area contributed by atoms with E-state index in [1.54, 1.807) is 0 Å². The quantitative estimate of drug-likeness (QED) is 0.747. The Balaban J connectivity index is 2.27. The molecule has 0 spiro atoms.